The molecule has 0 radical (unpaired) electrons. The second kappa shape index (κ2) is 5.83. The van der Waals surface area contributed by atoms with Gasteiger partial charge in [-0.15, -0.1) is 0 Å². The van der Waals surface area contributed by atoms with Crippen molar-refractivity contribution >= 4 is 0 Å². The van der Waals surface area contributed by atoms with Crippen LogP contribution in [0.3, 0.4) is 0 Å². The second-order valence-electron chi connectivity index (χ2n) is 4.83. The predicted octanol–water partition coefficient (Wildman–Crippen LogP) is 1.61. The van der Waals surface area contributed by atoms with Gasteiger partial charge in [0.15, 0.2) is 0 Å². The first kappa shape index (κ1) is 12.9. The van der Waals surface area contributed by atoms with Crippen LogP contribution >= 0.6 is 0 Å². The largest absolute Gasteiger partial charge is 0.381 e. The van der Waals surface area contributed by atoms with Crippen molar-refractivity contribution in [3.8, 4) is 0 Å². The SMILES string of the molecule is CCCN(C(C)C)C1(CN)CCOCC1. The van der Waals surface area contributed by atoms with Gasteiger partial charge in [-0.1, -0.05) is 6.92 Å². The standard InChI is InChI=1S/C12H26N2O/c1-4-7-14(11(2)3)12(10-13)5-8-15-9-6-12/h11H,4-10,13H2,1-3H3. The summed E-state index contributed by atoms with van der Waals surface area (Å²) in [5, 5.41) is 0. The smallest absolute Gasteiger partial charge is 0.0484 e. The maximum absolute atomic E-state index is 6.01. The summed E-state index contributed by atoms with van der Waals surface area (Å²) < 4.78 is 5.45. The van der Waals surface area contributed by atoms with E-state index < -0.39 is 0 Å². The van der Waals surface area contributed by atoms with Gasteiger partial charge >= 0.3 is 0 Å². The van der Waals surface area contributed by atoms with Gasteiger partial charge in [-0.05, 0) is 39.7 Å². The molecule has 1 fully saturated rings. The van der Waals surface area contributed by atoms with Gasteiger partial charge < -0.3 is 10.5 Å². The zero-order chi connectivity index (χ0) is 11.3. The molecule has 1 aliphatic rings. The molecule has 0 aliphatic carbocycles. The molecule has 0 amide bonds. The third-order valence-corrected chi connectivity index (χ3v) is 3.50. The molecule has 1 heterocycles. The molecule has 0 unspecified atom stereocenters. The summed E-state index contributed by atoms with van der Waals surface area (Å²) in [5.41, 5.74) is 6.21. The fourth-order valence-corrected chi connectivity index (χ4v) is 2.64. The van der Waals surface area contributed by atoms with Crippen molar-refractivity contribution in [2.24, 2.45) is 5.73 Å². The predicted molar refractivity (Wildman–Crippen MR) is 64.0 cm³/mol. The number of ether oxygens (including phenoxy) is 1. The van der Waals surface area contributed by atoms with E-state index in [1.165, 1.54) is 6.42 Å². The van der Waals surface area contributed by atoms with Crippen molar-refractivity contribution < 1.29 is 4.74 Å². The van der Waals surface area contributed by atoms with Crippen LogP contribution in [0.5, 0.6) is 0 Å². The molecular formula is C12H26N2O. The summed E-state index contributed by atoms with van der Waals surface area (Å²) in [5.74, 6) is 0. The third kappa shape index (κ3) is 2.92. The lowest BCUT2D eigenvalue weighted by Crippen LogP contribution is -2.59. The average molecular weight is 214 g/mol. The highest BCUT2D eigenvalue weighted by Crippen LogP contribution is 2.29. The molecule has 0 atom stereocenters. The quantitative estimate of drug-likeness (QED) is 0.755. The van der Waals surface area contributed by atoms with Crippen LogP contribution in [0.4, 0.5) is 0 Å². The van der Waals surface area contributed by atoms with Crippen molar-refractivity contribution in [3.63, 3.8) is 0 Å². The topological polar surface area (TPSA) is 38.5 Å². The van der Waals surface area contributed by atoms with Crippen LogP contribution in [0.15, 0.2) is 0 Å². The minimum Gasteiger partial charge on any atom is -0.381 e. The lowest BCUT2D eigenvalue weighted by atomic mass is 9.86. The first-order chi connectivity index (χ1) is 7.16. The Morgan fingerprint density at radius 2 is 1.93 bits per heavy atom. The summed E-state index contributed by atoms with van der Waals surface area (Å²) in [6, 6.07) is 0.576. The van der Waals surface area contributed by atoms with Crippen LogP contribution in [0.25, 0.3) is 0 Å². The molecule has 1 aliphatic heterocycles. The van der Waals surface area contributed by atoms with Crippen molar-refractivity contribution in [2.75, 3.05) is 26.3 Å². The molecule has 0 aromatic rings. The van der Waals surface area contributed by atoms with Crippen molar-refractivity contribution in [1.82, 2.24) is 4.90 Å². The van der Waals surface area contributed by atoms with Crippen LogP contribution < -0.4 is 5.73 Å². The zero-order valence-corrected chi connectivity index (χ0v) is 10.5. The highest BCUT2D eigenvalue weighted by molar-refractivity contribution is 4.94. The van der Waals surface area contributed by atoms with Crippen molar-refractivity contribution in [1.29, 1.82) is 0 Å². The van der Waals surface area contributed by atoms with Gasteiger partial charge in [0.25, 0.3) is 0 Å². The fraction of sp³-hybridized carbons (Fsp3) is 1.00. The van der Waals surface area contributed by atoms with Crippen LogP contribution in [0.2, 0.25) is 0 Å². The Balaban J connectivity index is 2.74. The lowest BCUT2D eigenvalue weighted by molar-refractivity contribution is -0.0377. The van der Waals surface area contributed by atoms with Crippen LogP contribution in [-0.2, 0) is 4.74 Å². The van der Waals surface area contributed by atoms with E-state index in [9.17, 15) is 0 Å². The number of hydrogen-bond acceptors (Lipinski definition) is 3. The first-order valence-electron chi connectivity index (χ1n) is 6.21. The Morgan fingerprint density at radius 1 is 1.33 bits per heavy atom. The Kier molecular flexibility index (Phi) is 5.03. The van der Waals surface area contributed by atoms with Crippen molar-refractivity contribution in [3.05, 3.63) is 0 Å². The molecule has 0 bridgehead atoms. The van der Waals surface area contributed by atoms with E-state index in [4.69, 9.17) is 10.5 Å². The summed E-state index contributed by atoms with van der Waals surface area (Å²) in [6.45, 7) is 10.4. The number of nitrogens with two attached hydrogens (primary N) is 1. The number of nitrogens with zero attached hydrogens (tertiary/aromatic N) is 1. The molecule has 0 saturated carbocycles. The highest BCUT2D eigenvalue weighted by Gasteiger charge is 2.37. The minimum absolute atomic E-state index is 0.197. The zero-order valence-electron chi connectivity index (χ0n) is 10.5. The van der Waals surface area contributed by atoms with Crippen LogP contribution in [-0.4, -0.2) is 42.8 Å². The molecule has 15 heavy (non-hydrogen) atoms. The molecule has 1 rings (SSSR count). The number of rotatable bonds is 5. The fourth-order valence-electron chi connectivity index (χ4n) is 2.64. The van der Waals surface area contributed by atoms with E-state index in [1.807, 2.05) is 0 Å². The summed E-state index contributed by atoms with van der Waals surface area (Å²) in [6.07, 6.45) is 3.37. The lowest BCUT2D eigenvalue weighted by Gasteiger charge is -2.48. The Morgan fingerprint density at radius 3 is 2.33 bits per heavy atom. The van der Waals surface area contributed by atoms with E-state index in [0.29, 0.717) is 6.04 Å². The molecule has 3 nitrogen and oxygen atoms in total. The maximum Gasteiger partial charge on any atom is 0.0484 e. The summed E-state index contributed by atoms with van der Waals surface area (Å²) in [4.78, 5) is 2.58. The van der Waals surface area contributed by atoms with E-state index >= 15 is 0 Å². The van der Waals surface area contributed by atoms with E-state index in [-0.39, 0.29) is 5.54 Å². The number of hydrogen-bond donors (Lipinski definition) is 1. The second-order valence-corrected chi connectivity index (χ2v) is 4.83. The maximum atomic E-state index is 6.01. The van der Waals surface area contributed by atoms with E-state index in [2.05, 4.69) is 25.7 Å². The summed E-state index contributed by atoms with van der Waals surface area (Å²) in [7, 11) is 0. The molecule has 0 spiro atoms. The molecule has 1 saturated heterocycles. The van der Waals surface area contributed by atoms with Crippen LogP contribution in [0.1, 0.15) is 40.0 Å². The Bertz CT molecular complexity index is 176. The Labute approximate surface area is 94.0 Å². The monoisotopic (exact) mass is 214 g/mol. The molecular weight excluding hydrogens is 188 g/mol. The van der Waals surface area contributed by atoms with Gasteiger partial charge in [0, 0.05) is 31.3 Å². The molecule has 3 heteroatoms. The van der Waals surface area contributed by atoms with Gasteiger partial charge in [0.05, 0.1) is 0 Å². The van der Waals surface area contributed by atoms with Gasteiger partial charge in [0.2, 0.25) is 0 Å². The Hall–Kier alpha value is -0.120. The van der Waals surface area contributed by atoms with Gasteiger partial charge in [-0.25, -0.2) is 0 Å². The third-order valence-electron chi connectivity index (χ3n) is 3.50. The summed E-state index contributed by atoms with van der Waals surface area (Å²) >= 11 is 0. The first-order valence-corrected chi connectivity index (χ1v) is 6.21. The average Bonchev–Trinajstić information content (AvgIpc) is 2.26. The molecule has 0 aromatic carbocycles. The molecule has 90 valence electrons. The normalized spacial score (nSPS) is 21.2. The van der Waals surface area contributed by atoms with Crippen molar-refractivity contribution in [2.45, 2.75) is 51.6 Å². The van der Waals surface area contributed by atoms with Crippen LogP contribution in [0, 0.1) is 0 Å². The van der Waals surface area contributed by atoms with Gasteiger partial charge in [0.1, 0.15) is 0 Å². The van der Waals surface area contributed by atoms with Gasteiger partial charge in [-0.2, -0.15) is 0 Å². The van der Waals surface area contributed by atoms with Gasteiger partial charge in [-0.3, -0.25) is 4.90 Å². The minimum atomic E-state index is 0.197. The highest BCUT2D eigenvalue weighted by atomic mass is 16.5. The van der Waals surface area contributed by atoms with E-state index in [1.54, 1.807) is 0 Å². The van der Waals surface area contributed by atoms with E-state index in [0.717, 1.165) is 39.1 Å². The molecule has 2 N–H and O–H groups in total. The molecule has 0 aromatic heterocycles.